The molecule has 0 bridgehead atoms. The molecule has 6 heteroatoms. The van der Waals surface area contributed by atoms with Crippen LogP contribution in [0.15, 0.2) is 48.5 Å². The Kier molecular flexibility index (Phi) is 4.66. The molecule has 1 atom stereocenters. The van der Waals surface area contributed by atoms with Gasteiger partial charge in [0.15, 0.2) is 0 Å². The fraction of sp³-hybridized carbons (Fsp3) is 0.211. The molecule has 0 aromatic heterocycles. The Balaban J connectivity index is 1.77. The molecule has 2 amide bonds. The van der Waals surface area contributed by atoms with Gasteiger partial charge in [0.05, 0.1) is 11.6 Å². The molecule has 1 heterocycles. The molecule has 6 nitrogen and oxygen atoms in total. The van der Waals surface area contributed by atoms with Crippen molar-refractivity contribution in [2.45, 2.75) is 13.0 Å². The topological polar surface area (TPSA) is 85.2 Å². The molecule has 0 saturated carbocycles. The molecule has 2 aromatic carbocycles. The predicted octanol–water partition coefficient (Wildman–Crippen LogP) is 2.26. The Morgan fingerprint density at radius 3 is 2.72 bits per heavy atom. The number of hydrogen-bond acceptors (Lipinski definition) is 4. The Hall–Kier alpha value is -3.33. The highest BCUT2D eigenvalue weighted by atomic mass is 16.2. The van der Waals surface area contributed by atoms with E-state index in [0.29, 0.717) is 24.2 Å². The molecule has 2 N–H and O–H groups in total. The van der Waals surface area contributed by atoms with Crippen LogP contribution in [-0.4, -0.2) is 35.8 Å². The Labute approximate surface area is 146 Å². The molecule has 126 valence electrons. The standard InChI is InChI=1S/C19H18N4O2/c1-13-18(24)21-9-10-23(13)19(25)15-3-2-4-17(11-15)22-16-7-5-14(12-20)6-8-16/h2-8,11,13,22H,9-10H2,1H3,(H,21,24). The van der Waals surface area contributed by atoms with E-state index >= 15 is 0 Å². The van der Waals surface area contributed by atoms with Gasteiger partial charge in [0.2, 0.25) is 5.91 Å². The zero-order valence-corrected chi connectivity index (χ0v) is 13.8. The first-order valence-corrected chi connectivity index (χ1v) is 8.04. The number of nitrogens with one attached hydrogen (secondary N) is 2. The largest absolute Gasteiger partial charge is 0.356 e. The first-order chi connectivity index (χ1) is 12.1. The minimum atomic E-state index is -0.476. The summed E-state index contributed by atoms with van der Waals surface area (Å²) in [6, 6.07) is 15.8. The fourth-order valence-electron chi connectivity index (χ4n) is 2.75. The minimum Gasteiger partial charge on any atom is -0.356 e. The van der Waals surface area contributed by atoms with E-state index in [9.17, 15) is 9.59 Å². The number of benzene rings is 2. The van der Waals surface area contributed by atoms with Crippen molar-refractivity contribution in [2.24, 2.45) is 0 Å². The highest BCUT2D eigenvalue weighted by Gasteiger charge is 2.29. The lowest BCUT2D eigenvalue weighted by molar-refractivity contribution is -0.127. The zero-order valence-electron chi connectivity index (χ0n) is 13.8. The number of carbonyl (C=O) groups excluding carboxylic acids is 2. The molecule has 1 saturated heterocycles. The third-order valence-electron chi connectivity index (χ3n) is 4.17. The average Bonchev–Trinajstić information content (AvgIpc) is 2.64. The van der Waals surface area contributed by atoms with Gasteiger partial charge in [0.25, 0.3) is 5.91 Å². The Morgan fingerprint density at radius 2 is 2.00 bits per heavy atom. The molecular weight excluding hydrogens is 316 g/mol. The maximum Gasteiger partial charge on any atom is 0.254 e. The molecule has 25 heavy (non-hydrogen) atoms. The maximum absolute atomic E-state index is 12.7. The van der Waals surface area contributed by atoms with Gasteiger partial charge in [-0.2, -0.15) is 5.26 Å². The number of anilines is 2. The quantitative estimate of drug-likeness (QED) is 0.901. The van der Waals surface area contributed by atoms with Crippen molar-refractivity contribution < 1.29 is 9.59 Å². The van der Waals surface area contributed by atoms with Crippen LogP contribution in [0.4, 0.5) is 11.4 Å². The van der Waals surface area contributed by atoms with Crippen LogP contribution in [0.3, 0.4) is 0 Å². The molecule has 1 aliphatic heterocycles. The van der Waals surface area contributed by atoms with Crippen molar-refractivity contribution in [3.8, 4) is 6.07 Å². The van der Waals surface area contributed by atoms with Crippen LogP contribution >= 0.6 is 0 Å². The van der Waals surface area contributed by atoms with E-state index in [1.54, 1.807) is 42.2 Å². The van der Waals surface area contributed by atoms with Gasteiger partial charge >= 0.3 is 0 Å². The van der Waals surface area contributed by atoms with E-state index in [1.165, 1.54) is 0 Å². The highest BCUT2D eigenvalue weighted by Crippen LogP contribution is 2.20. The summed E-state index contributed by atoms with van der Waals surface area (Å²) in [6.45, 7) is 2.70. The summed E-state index contributed by atoms with van der Waals surface area (Å²) in [5.41, 5.74) is 2.71. The first-order valence-electron chi connectivity index (χ1n) is 8.04. The van der Waals surface area contributed by atoms with Gasteiger partial charge in [0.1, 0.15) is 6.04 Å². The van der Waals surface area contributed by atoms with Crippen molar-refractivity contribution in [3.05, 3.63) is 59.7 Å². The van der Waals surface area contributed by atoms with E-state index in [2.05, 4.69) is 16.7 Å². The summed E-state index contributed by atoms with van der Waals surface area (Å²) in [5, 5.41) is 14.8. The smallest absolute Gasteiger partial charge is 0.254 e. The van der Waals surface area contributed by atoms with Crippen LogP contribution in [0.5, 0.6) is 0 Å². The van der Waals surface area contributed by atoms with Crippen LogP contribution in [0.1, 0.15) is 22.8 Å². The van der Waals surface area contributed by atoms with E-state index in [0.717, 1.165) is 11.4 Å². The van der Waals surface area contributed by atoms with E-state index in [4.69, 9.17) is 5.26 Å². The third-order valence-corrected chi connectivity index (χ3v) is 4.17. The molecule has 0 radical (unpaired) electrons. The fourth-order valence-corrected chi connectivity index (χ4v) is 2.75. The van der Waals surface area contributed by atoms with Gasteiger partial charge in [-0.05, 0) is 49.4 Å². The summed E-state index contributed by atoms with van der Waals surface area (Å²) in [6.07, 6.45) is 0. The van der Waals surface area contributed by atoms with Gasteiger partial charge < -0.3 is 15.5 Å². The van der Waals surface area contributed by atoms with Crippen LogP contribution in [0.2, 0.25) is 0 Å². The lowest BCUT2D eigenvalue weighted by Crippen LogP contribution is -2.55. The van der Waals surface area contributed by atoms with E-state index in [-0.39, 0.29) is 11.8 Å². The number of piperazine rings is 1. The van der Waals surface area contributed by atoms with E-state index < -0.39 is 6.04 Å². The molecule has 2 aromatic rings. The number of nitrogens with zero attached hydrogens (tertiary/aromatic N) is 2. The van der Waals surface area contributed by atoms with Crippen LogP contribution in [0, 0.1) is 11.3 Å². The summed E-state index contributed by atoms with van der Waals surface area (Å²) in [5.74, 6) is -0.294. The van der Waals surface area contributed by atoms with Crippen LogP contribution < -0.4 is 10.6 Å². The normalized spacial score (nSPS) is 16.7. The second-order valence-electron chi connectivity index (χ2n) is 5.86. The summed E-state index contributed by atoms with van der Waals surface area (Å²) >= 11 is 0. The second-order valence-corrected chi connectivity index (χ2v) is 5.86. The molecule has 0 aliphatic carbocycles. The molecule has 1 aliphatic rings. The van der Waals surface area contributed by atoms with Gasteiger partial charge in [0, 0.05) is 30.0 Å². The average molecular weight is 334 g/mol. The van der Waals surface area contributed by atoms with Crippen molar-refractivity contribution in [2.75, 3.05) is 18.4 Å². The van der Waals surface area contributed by atoms with Crippen LogP contribution in [0.25, 0.3) is 0 Å². The SMILES string of the molecule is CC1C(=O)NCCN1C(=O)c1cccc(Nc2ccc(C#N)cc2)c1. The van der Waals surface area contributed by atoms with Gasteiger partial charge in [-0.25, -0.2) is 0 Å². The lowest BCUT2D eigenvalue weighted by atomic mass is 10.1. The monoisotopic (exact) mass is 334 g/mol. The van der Waals surface area contributed by atoms with Gasteiger partial charge in [-0.15, -0.1) is 0 Å². The van der Waals surface area contributed by atoms with Crippen molar-refractivity contribution in [3.63, 3.8) is 0 Å². The first kappa shape index (κ1) is 16.5. The molecule has 3 rings (SSSR count). The number of amides is 2. The van der Waals surface area contributed by atoms with Crippen molar-refractivity contribution >= 4 is 23.2 Å². The van der Waals surface area contributed by atoms with E-state index in [1.807, 2.05) is 18.2 Å². The highest BCUT2D eigenvalue weighted by molar-refractivity contribution is 5.98. The van der Waals surface area contributed by atoms with Crippen LogP contribution in [-0.2, 0) is 4.79 Å². The lowest BCUT2D eigenvalue weighted by Gasteiger charge is -2.32. The summed E-state index contributed by atoms with van der Waals surface area (Å²) in [4.78, 5) is 26.1. The molecular formula is C19H18N4O2. The van der Waals surface area contributed by atoms with Crippen molar-refractivity contribution in [1.29, 1.82) is 5.26 Å². The number of rotatable bonds is 3. The summed E-state index contributed by atoms with van der Waals surface area (Å²) in [7, 11) is 0. The molecule has 0 spiro atoms. The number of carbonyl (C=O) groups is 2. The zero-order chi connectivity index (χ0) is 17.8. The maximum atomic E-state index is 12.7. The molecule has 1 fully saturated rings. The number of nitriles is 1. The predicted molar refractivity (Wildman–Crippen MR) is 94.4 cm³/mol. The number of hydrogen-bond donors (Lipinski definition) is 2. The second kappa shape index (κ2) is 7.05. The Morgan fingerprint density at radius 1 is 1.24 bits per heavy atom. The van der Waals surface area contributed by atoms with Gasteiger partial charge in [-0.1, -0.05) is 6.07 Å². The molecule has 1 unspecified atom stereocenters. The van der Waals surface area contributed by atoms with Crippen molar-refractivity contribution in [1.82, 2.24) is 10.2 Å². The summed E-state index contributed by atoms with van der Waals surface area (Å²) < 4.78 is 0. The van der Waals surface area contributed by atoms with Gasteiger partial charge in [-0.3, -0.25) is 9.59 Å². The minimum absolute atomic E-state index is 0.133. The Bertz CT molecular complexity index is 839. The third kappa shape index (κ3) is 3.61.